The fourth-order valence-corrected chi connectivity index (χ4v) is 4.03. The lowest BCUT2D eigenvalue weighted by atomic mass is 9.98. The van der Waals surface area contributed by atoms with E-state index in [-0.39, 0.29) is 0 Å². The fraction of sp³-hybridized carbons (Fsp3) is 1.00. The number of rotatable bonds is 9. The van der Waals surface area contributed by atoms with Crippen molar-refractivity contribution in [2.75, 3.05) is 6.54 Å². The second kappa shape index (κ2) is 6.78. The molecule has 3 atom stereocenters. The second-order valence-electron chi connectivity index (χ2n) is 6.25. The molecule has 3 unspecified atom stereocenters. The van der Waals surface area contributed by atoms with Gasteiger partial charge in [0.2, 0.25) is 0 Å². The predicted molar refractivity (Wildman–Crippen MR) is 75.2 cm³/mol. The molecule has 0 bridgehead atoms. The van der Waals surface area contributed by atoms with Gasteiger partial charge >= 0.3 is 0 Å². The molecular formula is C16H31N. The summed E-state index contributed by atoms with van der Waals surface area (Å²) in [6.45, 7) is 5.82. The molecule has 17 heavy (non-hydrogen) atoms. The molecule has 2 saturated carbocycles. The van der Waals surface area contributed by atoms with Gasteiger partial charge in [0.15, 0.2) is 0 Å². The van der Waals surface area contributed by atoms with Crippen molar-refractivity contribution in [1.82, 2.24) is 5.32 Å². The first-order chi connectivity index (χ1) is 8.38. The van der Waals surface area contributed by atoms with Gasteiger partial charge < -0.3 is 5.32 Å². The Hall–Kier alpha value is -0.0400. The van der Waals surface area contributed by atoms with Crippen molar-refractivity contribution in [3.63, 3.8) is 0 Å². The molecule has 100 valence electrons. The SMILES string of the molecule is CCCCCCC(NCCC)C1C2CCCC21. The molecule has 0 aromatic rings. The summed E-state index contributed by atoms with van der Waals surface area (Å²) >= 11 is 0. The van der Waals surface area contributed by atoms with Crippen LogP contribution in [0.3, 0.4) is 0 Å². The third-order valence-corrected chi connectivity index (χ3v) is 4.96. The largest absolute Gasteiger partial charge is 0.314 e. The summed E-state index contributed by atoms with van der Waals surface area (Å²) in [5.74, 6) is 3.31. The van der Waals surface area contributed by atoms with Crippen LogP contribution < -0.4 is 5.32 Å². The molecule has 0 aliphatic heterocycles. The standard InChI is InChI=1S/C16H31N/c1-3-5-6-7-11-15(17-12-4-2)16-13-9-8-10-14(13)16/h13-17H,3-12H2,1-2H3. The molecule has 0 heterocycles. The van der Waals surface area contributed by atoms with Crippen LogP contribution in [0.25, 0.3) is 0 Å². The summed E-state index contributed by atoms with van der Waals surface area (Å²) in [4.78, 5) is 0. The van der Waals surface area contributed by atoms with Crippen LogP contribution in [0.15, 0.2) is 0 Å². The normalized spacial score (nSPS) is 32.5. The highest BCUT2D eigenvalue weighted by Gasteiger charge is 2.55. The van der Waals surface area contributed by atoms with E-state index in [2.05, 4.69) is 19.2 Å². The number of fused-ring (bicyclic) bond motifs is 1. The molecule has 2 fully saturated rings. The average Bonchev–Trinajstić information content (AvgIpc) is 2.82. The Morgan fingerprint density at radius 1 is 1.00 bits per heavy atom. The molecule has 0 aromatic heterocycles. The molecular weight excluding hydrogens is 206 g/mol. The smallest absolute Gasteiger partial charge is 0.0101 e. The van der Waals surface area contributed by atoms with Gasteiger partial charge in [-0.05, 0) is 50.0 Å². The topological polar surface area (TPSA) is 12.0 Å². The maximum absolute atomic E-state index is 3.84. The Labute approximate surface area is 108 Å². The Bertz CT molecular complexity index is 204. The number of unbranched alkanes of at least 4 members (excludes halogenated alkanes) is 3. The molecule has 1 nitrogen and oxygen atoms in total. The van der Waals surface area contributed by atoms with E-state index in [1.54, 1.807) is 0 Å². The van der Waals surface area contributed by atoms with Gasteiger partial charge in [0.1, 0.15) is 0 Å². The summed E-state index contributed by atoms with van der Waals surface area (Å²) in [6, 6.07) is 0.863. The van der Waals surface area contributed by atoms with Crippen molar-refractivity contribution in [2.24, 2.45) is 17.8 Å². The zero-order chi connectivity index (χ0) is 12.1. The van der Waals surface area contributed by atoms with Crippen molar-refractivity contribution in [1.29, 1.82) is 0 Å². The highest BCUT2D eigenvalue weighted by molar-refractivity contribution is 5.06. The third kappa shape index (κ3) is 3.47. The van der Waals surface area contributed by atoms with E-state index in [1.807, 2.05) is 0 Å². The highest BCUT2D eigenvalue weighted by Crippen LogP contribution is 2.59. The van der Waals surface area contributed by atoms with Crippen LogP contribution >= 0.6 is 0 Å². The molecule has 0 spiro atoms. The van der Waals surface area contributed by atoms with E-state index in [0.717, 1.165) is 23.8 Å². The van der Waals surface area contributed by atoms with E-state index in [0.29, 0.717) is 0 Å². The maximum atomic E-state index is 3.84. The van der Waals surface area contributed by atoms with Gasteiger partial charge in [-0.25, -0.2) is 0 Å². The first-order valence-electron chi connectivity index (χ1n) is 8.11. The summed E-state index contributed by atoms with van der Waals surface area (Å²) < 4.78 is 0. The molecule has 0 radical (unpaired) electrons. The summed E-state index contributed by atoms with van der Waals surface area (Å²) in [7, 11) is 0. The van der Waals surface area contributed by atoms with Gasteiger partial charge in [-0.15, -0.1) is 0 Å². The van der Waals surface area contributed by atoms with Gasteiger partial charge in [0, 0.05) is 6.04 Å². The lowest BCUT2D eigenvalue weighted by molar-refractivity contribution is 0.373. The lowest BCUT2D eigenvalue weighted by Crippen LogP contribution is -2.33. The number of hydrogen-bond acceptors (Lipinski definition) is 1. The van der Waals surface area contributed by atoms with Crippen molar-refractivity contribution in [2.45, 2.75) is 77.7 Å². The number of nitrogens with one attached hydrogen (secondary N) is 1. The van der Waals surface area contributed by atoms with E-state index >= 15 is 0 Å². The predicted octanol–water partition coefficient (Wildman–Crippen LogP) is 4.37. The fourth-order valence-electron chi connectivity index (χ4n) is 4.03. The van der Waals surface area contributed by atoms with Gasteiger partial charge in [-0.3, -0.25) is 0 Å². The van der Waals surface area contributed by atoms with Crippen LogP contribution in [0.1, 0.15) is 71.6 Å². The Morgan fingerprint density at radius 2 is 1.76 bits per heavy atom. The minimum absolute atomic E-state index is 0.863. The minimum Gasteiger partial charge on any atom is -0.314 e. The van der Waals surface area contributed by atoms with Crippen LogP contribution in [-0.4, -0.2) is 12.6 Å². The van der Waals surface area contributed by atoms with E-state index in [9.17, 15) is 0 Å². The second-order valence-corrected chi connectivity index (χ2v) is 6.25. The zero-order valence-corrected chi connectivity index (χ0v) is 11.9. The quantitative estimate of drug-likeness (QED) is 0.587. The lowest BCUT2D eigenvalue weighted by Gasteiger charge is -2.20. The molecule has 2 aliphatic carbocycles. The van der Waals surface area contributed by atoms with E-state index < -0.39 is 0 Å². The first-order valence-corrected chi connectivity index (χ1v) is 8.11. The zero-order valence-electron chi connectivity index (χ0n) is 11.9. The van der Waals surface area contributed by atoms with Gasteiger partial charge in [-0.2, -0.15) is 0 Å². The third-order valence-electron chi connectivity index (χ3n) is 4.96. The first kappa shape index (κ1) is 13.4. The molecule has 0 saturated heterocycles. The highest BCUT2D eigenvalue weighted by atomic mass is 14.9. The minimum atomic E-state index is 0.863. The van der Waals surface area contributed by atoms with Gasteiger partial charge in [-0.1, -0.05) is 46.0 Å². The molecule has 0 aromatic carbocycles. The molecule has 0 amide bonds. The van der Waals surface area contributed by atoms with Crippen LogP contribution in [0.5, 0.6) is 0 Å². The Morgan fingerprint density at radius 3 is 2.41 bits per heavy atom. The molecule has 1 N–H and O–H groups in total. The monoisotopic (exact) mass is 237 g/mol. The molecule has 1 heteroatoms. The molecule has 2 rings (SSSR count). The van der Waals surface area contributed by atoms with Crippen LogP contribution in [0, 0.1) is 17.8 Å². The van der Waals surface area contributed by atoms with Crippen LogP contribution in [-0.2, 0) is 0 Å². The Kier molecular flexibility index (Phi) is 5.34. The van der Waals surface area contributed by atoms with Crippen molar-refractivity contribution in [3.05, 3.63) is 0 Å². The van der Waals surface area contributed by atoms with E-state index in [4.69, 9.17) is 0 Å². The summed E-state index contributed by atoms with van der Waals surface area (Å²) in [5, 5.41) is 3.84. The average molecular weight is 237 g/mol. The maximum Gasteiger partial charge on any atom is 0.0101 e. The van der Waals surface area contributed by atoms with Crippen molar-refractivity contribution >= 4 is 0 Å². The van der Waals surface area contributed by atoms with Crippen molar-refractivity contribution in [3.8, 4) is 0 Å². The summed E-state index contributed by atoms with van der Waals surface area (Å²) in [6.07, 6.45) is 13.0. The summed E-state index contributed by atoms with van der Waals surface area (Å²) in [5.41, 5.74) is 0. The Balaban J connectivity index is 1.70. The number of hydrogen-bond donors (Lipinski definition) is 1. The van der Waals surface area contributed by atoms with Crippen molar-refractivity contribution < 1.29 is 0 Å². The van der Waals surface area contributed by atoms with Gasteiger partial charge in [0.25, 0.3) is 0 Å². The van der Waals surface area contributed by atoms with Crippen LogP contribution in [0.2, 0.25) is 0 Å². The van der Waals surface area contributed by atoms with E-state index in [1.165, 1.54) is 64.3 Å². The van der Waals surface area contributed by atoms with Gasteiger partial charge in [0.05, 0.1) is 0 Å². The molecule has 2 aliphatic rings. The van der Waals surface area contributed by atoms with Crippen LogP contribution in [0.4, 0.5) is 0 Å².